The highest BCUT2D eigenvalue weighted by atomic mass is 35.5. The van der Waals surface area contributed by atoms with Gasteiger partial charge in [-0.15, -0.1) is 0 Å². The molecule has 18 heavy (non-hydrogen) atoms. The molecule has 0 aliphatic carbocycles. The van der Waals surface area contributed by atoms with Crippen LogP contribution >= 0.6 is 23.4 Å². The van der Waals surface area contributed by atoms with Crippen LogP contribution in [-0.2, 0) is 11.3 Å². The summed E-state index contributed by atoms with van der Waals surface area (Å²) in [6.45, 7) is 6.02. The lowest BCUT2D eigenvalue weighted by Crippen LogP contribution is -2.34. The first-order chi connectivity index (χ1) is 8.34. The molecule has 1 amide bonds. The Morgan fingerprint density at radius 1 is 1.50 bits per heavy atom. The van der Waals surface area contributed by atoms with Gasteiger partial charge in [0.2, 0.25) is 5.91 Å². The lowest BCUT2D eigenvalue weighted by molar-refractivity contribution is -0.128. The van der Waals surface area contributed by atoms with Crippen LogP contribution in [0.1, 0.15) is 26.3 Å². The number of thiocyanates is 1. The predicted octanol–water partition coefficient (Wildman–Crippen LogP) is 3.58. The summed E-state index contributed by atoms with van der Waals surface area (Å²) < 4.78 is 0. The number of benzene rings is 1. The monoisotopic (exact) mass is 282 g/mol. The van der Waals surface area contributed by atoms with E-state index in [0.717, 1.165) is 17.3 Å². The molecule has 0 bridgehead atoms. The molecule has 0 unspecified atom stereocenters. The van der Waals surface area contributed by atoms with Crippen LogP contribution in [0.15, 0.2) is 23.1 Å². The van der Waals surface area contributed by atoms with Gasteiger partial charge in [0.15, 0.2) is 0 Å². The van der Waals surface area contributed by atoms with Gasteiger partial charge >= 0.3 is 0 Å². The molecule has 0 aromatic heterocycles. The Hall–Kier alpha value is -1.18. The van der Waals surface area contributed by atoms with Crippen molar-refractivity contribution < 1.29 is 4.79 Å². The van der Waals surface area contributed by atoms with E-state index < -0.39 is 5.41 Å². The van der Waals surface area contributed by atoms with Crippen LogP contribution in [-0.4, -0.2) is 5.91 Å². The van der Waals surface area contributed by atoms with Gasteiger partial charge in [-0.25, -0.2) is 0 Å². The van der Waals surface area contributed by atoms with Crippen LogP contribution < -0.4 is 5.32 Å². The van der Waals surface area contributed by atoms with Crippen molar-refractivity contribution in [2.75, 3.05) is 0 Å². The fourth-order valence-electron chi connectivity index (χ4n) is 1.23. The largest absolute Gasteiger partial charge is 0.352 e. The zero-order valence-electron chi connectivity index (χ0n) is 10.6. The third-order valence-electron chi connectivity index (χ3n) is 2.29. The first-order valence-electron chi connectivity index (χ1n) is 5.47. The van der Waals surface area contributed by atoms with Crippen molar-refractivity contribution in [3.8, 4) is 5.40 Å². The van der Waals surface area contributed by atoms with Crippen LogP contribution in [0.25, 0.3) is 0 Å². The number of nitriles is 1. The number of nitrogens with zero attached hydrogens (tertiary/aromatic N) is 1. The topological polar surface area (TPSA) is 52.9 Å². The van der Waals surface area contributed by atoms with Gasteiger partial charge in [-0.3, -0.25) is 4.79 Å². The summed E-state index contributed by atoms with van der Waals surface area (Å²) in [5.41, 5.74) is 0.520. The van der Waals surface area contributed by atoms with E-state index in [1.165, 1.54) is 0 Å². The lowest BCUT2D eigenvalue weighted by atomic mass is 9.95. The number of hydrogen-bond acceptors (Lipinski definition) is 3. The minimum absolute atomic E-state index is 0.00747. The summed E-state index contributed by atoms with van der Waals surface area (Å²) in [5.74, 6) is -0.00747. The van der Waals surface area contributed by atoms with Crippen molar-refractivity contribution in [2.45, 2.75) is 32.2 Å². The second kappa shape index (κ2) is 6.12. The van der Waals surface area contributed by atoms with E-state index in [-0.39, 0.29) is 5.91 Å². The molecule has 3 nitrogen and oxygen atoms in total. The smallest absolute Gasteiger partial charge is 0.225 e. The van der Waals surface area contributed by atoms with Gasteiger partial charge in [-0.1, -0.05) is 38.4 Å². The van der Waals surface area contributed by atoms with Crippen molar-refractivity contribution in [1.29, 1.82) is 5.26 Å². The van der Waals surface area contributed by atoms with Gasteiger partial charge < -0.3 is 5.32 Å². The minimum Gasteiger partial charge on any atom is -0.352 e. The molecule has 0 fully saturated rings. The predicted molar refractivity (Wildman–Crippen MR) is 74.2 cm³/mol. The molecule has 0 atom stereocenters. The fraction of sp³-hybridized carbons (Fsp3) is 0.385. The number of carbonyl (C=O) groups is 1. The number of amides is 1. The number of rotatable bonds is 3. The molecule has 1 N–H and O–H groups in total. The number of hydrogen-bond donors (Lipinski definition) is 1. The van der Waals surface area contributed by atoms with Crippen LogP contribution in [0, 0.1) is 16.1 Å². The van der Waals surface area contributed by atoms with Gasteiger partial charge in [-0.05, 0) is 29.5 Å². The standard InChI is InChI=1S/C13H15ClN2OS/c1-13(2,3)12(17)16-7-9-4-5-10(14)11(6-9)18-8-15/h4-6H,7H2,1-3H3,(H,16,17). The zero-order chi connectivity index (χ0) is 13.8. The molecule has 0 aliphatic heterocycles. The van der Waals surface area contributed by atoms with Crippen molar-refractivity contribution in [3.05, 3.63) is 28.8 Å². The van der Waals surface area contributed by atoms with E-state index >= 15 is 0 Å². The van der Waals surface area contributed by atoms with Gasteiger partial charge in [0, 0.05) is 16.9 Å². The highest BCUT2D eigenvalue weighted by Crippen LogP contribution is 2.27. The SMILES string of the molecule is CC(C)(C)C(=O)NCc1ccc(Cl)c(SC#N)c1. The van der Waals surface area contributed by atoms with Crippen LogP contribution in [0.3, 0.4) is 0 Å². The van der Waals surface area contributed by atoms with Gasteiger partial charge in [-0.2, -0.15) is 5.26 Å². The molecule has 0 aliphatic rings. The average Bonchev–Trinajstić information content (AvgIpc) is 2.28. The first-order valence-corrected chi connectivity index (χ1v) is 6.66. The number of thioether (sulfide) groups is 1. The molecule has 0 heterocycles. The highest BCUT2D eigenvalue weighted by molar-refractivity contribution is 8.03. The van der Waals surface area contributed by atoms with Crippen molar-refractivity contribution >= 4 is 29.3 Å². The summed E-state index contributed by atoms with van der Waals surface area (Å²) in [7, 11) is 0. The molecule has 96 valence electrons. The Labute approximate surface area is 117 Å². The molecule has 0 radical (unpaired) electrons. The minimum atomic E-state index is -0.406. The molecular formula is C13H15ClN2OS. The van der Waals surface area contributed by atoms with Crippen molar-refractivity contribution in [2.24, 2.45) is 5.41 Å². The van der Waals surface area contributed by atoms with E-state index in [0.29, 0.717) is 16.5 Å². The normalized spacial score (nSPS) is 10.8. The van der Waals surface area contributed by atoms with E-state index in [4.69, 9.17) is 16.9 Å². The van der Waals surface area contributed by atoms with E-state index in [1.54, 1.807) is 6.07 Å². The Morgan fingerprint density at radius 2 is 2.17 bits per heavy atom. The quantitative estimate of drug-likeness (QED) is 0.681. The Morgan fingerprint density at radius 3 is 2.72 bits per heavy atom. The first kappa shape index (κ1) is 14.9. The summed E-state index contributed by atoms with van der Waals surface area (Å²) in [6.07, 6.45) is 0. The third kappa shape index (κ3) is 4.25. The zero-order valence-corrected chi connectivity index (χ0v) is 12.2. The van der Waals surface area contributed by atoms with E-state index in [1.807, 2.05) is 38.3 Å². The molecule has 1 rings (SSSR count). The van der Waals surface area contributed by atoms with Crippen molar-refractivity contribution in [3.63, 3.8) is 0 Å². The van der Waals surface area contributed by atoms with Gasteiger partial charge in [0.1, 0.15) is 5.40 Å². The number of carbonyl (C=O) groups excluding carboxylic acids is 1. The maximum Gasteiger partial charge on any atom is 0.225 e. The molecule has 5 heteroatoms. The van der Waals surface area contributed by atoms with Crippen LogP contribution in [0.4, 0.5) is 0 Å². The van der Waals surface area contributed by atoms with Crippen molar-refractivity contribution in [1.82, 2.24) is 5.32 Å². The van der Waals surface area contributed by atoms with E-state index in [9.17, 15) is 4.79 Å². The van der Waals surface area contributed by atoms with Gasteiger partial charge in [0.25, 0.3) is 0 Å². The molecular weight excluding hydrogens is 268 g/mol. The molecule has 1 aromatic rings. The summed E-state index contributed by atoms with van der Waals surface area (Å²) >= 11 is 6.97. The number of nitrogens with one attached hydrogen (secondary N) is 1. The Balaban J connectivity index is 2.72. The maximum atomic E-state index is 11.7. The summed E-state index contributed by atoms with van der Waals surface area (Å²) in [5, 5.41) is 14.0. The lowest BCUT2D eigenvalue weighted by Gasteiger charge is -2.17. The summed E-state index contributed by atoms with van der Waals surface area (Å²) in [6, 6.07) is 5.39. The molecule has 0 saturated carbocycles. The number of halogens is 1. The van der Waals surface area contributed by atoms with E-state index in [2.05, 4.69) is 5.32 Å². The Bertz CT molecular complexity index is 489. The Kier molecular flexibility index (Phi) is 5.06. The average molecular weight is 283 g/mol. The fourth-order valence-corrected chi connectivity index (χ4v) is 1.94. The highest BCUT2D eigenvalue weighted by Gasteiger charge is 2.20. The molecule has 0 spiro atoms. The van der Waals surface area contributed by atoms with Gasteiger partial charge in [0.05, 0.1) is 5.02 Å². The van der Waals surface area contributed by atoms with Crippen LogP contribution in [0.5, 0.6) is 0 Å². The molecule has 1 aromatic carbocycles. The van der Waals surface area contributed by atoms with Crippen LogP contribution in [0.2, 0.25) is 5.02 Å². The molecule has 0 saturated heterocycles. The second-order valence-electron chi connectivity index (χ2n) is 4.89. The maximum absolute atomic E-state index is 11.7. The second-order valence-corrected chi connectivity index (χ2v) is 6.12. The summed E-state index contributed by atoms with van der Waals surface area (Å²) in [4.78, 5) is 12.4. The third-order valence-corrected chi connectivity index (χ3v) is 3.38.